The number of para-hydroxylation sites is 1. The number of benzene rings is 1. The van der Waals surface area contributed by atoms with Crippen LogP contribution in [0.2, 0.25) is 0 Å². The van der Waals surface area contributed by atoms with Crippen molar-refractivity contribution < 1.29 is 14.3 Å². The highest BCUT2D eigenvalue weighted by Gasteiger charge is 2.19. The summed E-state index contributed by atoms with van der Waals surface area (Å²) in [5.74, 6) is -0.595. The molecule has 0 aromatic heterocycles. The Morgan fingerprint density at radius 3 is 2.50 bits per heavy atom. The van der Waals surface area contributed by atoms with E-state index >= 15 is 0 Å². The number of anilines is 1. The van der Waals surface area contributed by atoms with E-state index in [1.807, 2.05) is 30.3 Å². The fourth-order valence-corrected chi connectivity index (χ4v) is 1.51. The van der Waals surface area contributed by atoms with Gasteiger partial charge in [0.25, 0.3) is 0 Å². The normalized spacial score (nSPS) is 11.5. The lowest BCUT2D eigenvalue weighted by atomic mass is 10.2. The van der Waals surface area contributed by atoms with Crippen LogP contribution in [0.5, 0.6) is 0 Å². The molecule has 0 saturated carbocycles. The molecule has 0 aliphatic carbocycles. The third kappa shape index (κ3) is 4.08. The summed E-state index contributed by atoms with van der Waals surface area (Å²) in [6, 6.07) is 9.03. The van der Waals surface area contributed by atoms with Crippen LogP contribution < -0.4 is 5.32 Å². The van der Waals surface area contributed by atoms with Crippen molar-refractivity contribution in [1.82, 2.24) is 4.90 Å². The molecular weight excluding hydrogens is 232 g/mol. The highest BCUT2D eigenvalue weighted by molar-refractivity contribution is 5.87. The third-order valence-electron chi connectivity index (χ3n) is 2.50. The van der Waals surface area contributed by atoms with Crippen LogP contribution in [0.25, 0.3) is 0 Å². The zero-order valence-electron chi connectivity index (χ0n) is 10.8. The third-order valence-corrected chi connectivity index (χ3v) is 2.50. The van der Waals surface area contributed by atoms with Crippen molar-refractivity contribution in [2.45, 2.75) is 13.0 Å². The Kier molecular flexibility index (Phi) is 5.17. The zero-order chi connectivity index (χ0) is 13.5. The van der Waals surface area contributed by atoms with Crippen molar-refractivity contribution in [1.29, 1.82) is 0 Å². The van der Waals surface area contributed by atoms with E-state index in [2.05, 4.69) is 10.1 Å². The number of likely N-dealkylation sites (N-methyl/N-ethyl adjacent to an activating group) is 1. The van der Waals surface area contributed by atoms with Gasteiger partial charge in [-0.05, 0) is 19.1 Å². The van der Waals surface area contributed by atoms with Crippen LogP contribution in [-0.4, -0.2) is 43.5 Å². The largest absolute Gasteiger partial charge is 0.468 e. The van der Waals surface area contributed by atoms with Gasteiger partial charge < -0.3 is 15.0 Å². The molecule has 0 spiro atoms. The van der Waals surface area contributed by atoms with Gasteiger partial charge in [0, 0.05) is 12.7 Å². The smallest absolute Gasteiger partial charge is 0.325 e. The minimum Gasteiger partial charge on any atom is -0.468 e. The number of carbonyl (C=O) groups is 2. The number of amides is 1. The summed E-state index contributed by atoms with van der Waals surface area (Å²) in [5.41, 5.74) is 0.866. The van der Waals surface area contributed by atoms with Gasteiger partial charge in [0.15, 0.2) is 0 Å². The Morgan fingerprint density at radius 1 is 1.33 bits per heavy atom. The molecular formula is C13H18N2O3. The summed E-state index contributed by atoms with van der Waals surface area (Å²) in [4.78, 5) is 24.4. The van der Waals surface area contributed by atoms with E-state index in [4.69, 9.17) is 0 Å². The molecule has 1 amide bonds. The van der Waals surface area contributed by atoms with Crippen molar-refractivity contribution in [2.75, 3.05) is 26.0 Å². The van der Waals surface area contributed by atoms with E-state index in [0.29, 0.717) is 0 Å². The van der Waals surface area contributed by atoms with Gasteiger partial charge in [-0.25, -0.2) is 0 Å². The zero-order valence-corrected chi connectivity index (χ0v) is 10.8. The fourth-order valence-electron chi connectivity index (χ4n) is 1.51. The molecule has 5 heteroatoms. The standard InChI is InChI=1S/C13H18N2O3/c1-10(14-11-7-5-4-6-8-11)13(17)15(2)9-12(16)18-3/h4-8,10,14H,9H2,1-3H3. The summed E-state index contributed by atoms with van der Waals surface area (Å²) >= 11 is 0. The molecule has 1 atom stereocenters. The minimum atomic E-state index is -0.433. The first-order valence-corrected chi connectivity index (χ1v) is 5.68. The number of carbonyl (C=O) groups excluding carboxylic acids is 2. The number of rotatable bonds is 5. The summed E-state index contributed by atoms with van der Waals surface area (Å²) in [6.07, 6.45) is 0. The molecule has 0 saturated heterocycles. The van der Waals surface area contributed by atoms with Crippen molar-refractivity contribution in [3.63, 3.8) is 0 Å². The SMILES string of the molecule is COC(=O)CN(C)C(=O)C(C)Nc1ccccc1. The molecule has 0 aliphatic rings. The van der Waals surface area contributed by atoms with E-state index in [-0.39, 0.29) is 12.5 Å². The van der Waals surface area contributed by atoms with Crippen LogP contribution in [0.15, 0.2) is 30.3 Å². The average Bonchev–Trinajstić information content (AvgIpc) is 2.38. The number of ether oxygens (including phenoxy) is 1. The molecule has 0 aliphatic heterocycles. The van der Waals surface area contributed by atoms with E-state index in [1.54, 1.807) is 14.0 Å². The first-order chi connectivity index (χ1) is 8.54. The van der Waals surface area contributed by atoms with Crippen molar-refractivity contribution in [3.8, 4) is 0 Å². The molecule has 18 heavy (non-hydrogen) atoms. The molecule has 1 aromatic carbocycles. The van der Waals surface area contributed by atoms with Crippen molar-refractivity contribution in [2.24, 2.45) is 0 Å². The molecule has 5 nitrogen and oxygen atoms in total. The summed E-state index contributed by atoms with van der Waals surface area (Å²) in [7, 11) is 2.87. The van der Waals surface area contributed by atoms with Gasteiger partial charge in [-0.2, -0.15) is 0 Å². The first kappa shape index (κ1) is 14.0. The number of hydrogen-bond acceptors (Lipinski definition) is 4. The second-order valence-electron chi connectivity index (χ2n) is 4.00. The van der Waals surface area contributed by atoms with Gasteiger partial charge in [-0.1, -0.05) is 18.2 Å². The van der Waals surface area contributed by atoms with E-state index in [9.17, 15) is 9.59 Å². The molecule has 0 bridgehead atoms. The predicted octanol–water partition coefficient (Wildman–Crippen LogP) is 1.12. The van der Waals surface area contributed by atoms with Gasteiger partial charge in [-0.3, -0.25) is 9.59 Å². The Balaban J connectivity index is 2.53. The van der Waals surface area contributed by atoms with Gasteiger partial charge in [0.1, 0.15) is 12.6 Å². The van der Waals surface area contributed by atoms with Crippen molar-refractivity contribution in [3.05, 3.63) is 30.3 Å². The van der Waals surface area contributed by atoms with Crippen LogP contribution in [0.4, 0.5) is 5.69 Å². The van der Waals surface area contributed by atoms with E-state index < -0.39 is 12.0 Å². The lowest BCUT2D eigenvalue weighted by Gasteiger charge is -2.21. The number of nitrogens with one attached hydrogen (secondary N) is 1. The van der Waals surface area contributed by atoms with Gasteiger partial charge in [-0.15, -0.1) is 0 Å². The van der Waals surface area contributed by atoms with Gasteiger partial charge >= 0.3 is 5.97 Å². The van der Waals surface area contributed by atoms with E-state index in [0.717, 1.165) is 5.69 Å². The van der Waals surface area contributed by atoms with E-state index in [1.165, 1.54) is 12.0 Å². The molecule has 0 radical (unpaired) electrons. The van der Waals surface area contributed by atoms with Crippen LogP contribution in [0.3, 0.4) is 0 Å². The Morgan fingerprint density at radius 2 is 1.94 bits per heavy atom. The number of hydrogen-bond donors (Lipinski definition) is 1. The quantitative estimate of drug-likeness (QED) is 0.796. The molecule has 0 heterocycles. The molecule has 98 valence electrons. The molecule has 1 N–H and O–H groups in total. The molecule has 0 fully saturated rings. The lowest BCUT2D eigenvalue weighted by molar-refractivity contribution is -0.146. The monoisotopic (exact) mass is 250 g/mol. The number of methoxy groups -OCH3 is 1. The minimum absolute atomic E-state index is 0.0455. The summed E-state index contributed by atoms with van der Waals surface area (Å²) in [5, 5.41) is 3.07. The Labute approximate surface area is 107 Å². The average molecular weight is 250 g/mol. The highest BCUT2D eigenvalue weighted by Crippen LogP contribution is 2.08. The maximum Gasteiger partial charge on any atom is 0.325 e. The Hall–Kier alpha value is -2.04. The summed E-state index contributed by atoms with van der Waals surface area (Å²) in [6.45, 7) is 1.71. The van der Waals surface area contributed by atoms with Crippen LogP contribution >= 0.6 is 0 Å². The summed E-state index contributed by atoms with van der Waals surface area (Å²) < 4.78 is 4.52. The van der Waals surface area contributed by atoms with Gasteiger partial charge in [0.2, 0.25) is 5.91 Å². The van der Waals surface area contributed by atoms with Crippen LogP contribution in [-0.2, 0) is 14.3 Å². The number of esters is 1. The maximum atomic E-state index is 12.0. The highest BCUT2D eigenvalue weighted by atomic mass is 16.5. The Bertz CT molecular complexity index is 406. The number of nitrogens with zero attached hydrogens (tertiary/aromatic N) is 1. The maximum absolute atomic E-state index is 12.0. The van der Waals surface area contributed by atoms with Crippen LogP contribution in [0, 0.1) is 0 Å². The molecule has 1 rings (SSSR count). The lowest BCUT2D eigenvalue weighted by Crippen LogP contribution is -2.41. The second kappa shape index (κ2) is 6.64. The fraction of sp³-hybridized carbons (Fsp3) is 0.385. The van der Waals surface area contributed by atoms with Crippen molar-refractivity contribution >= 4 is 17.6 Å². The molecule has 1 unspecified atom stereocenters. The first-order valence-electron chi connectivity index (χ1n) is 5.68. The second-order valence-corrected chi connectivity index (χ2v) is 4.00. The molecule has 1 aromatic rings. The van der Waals surface area contributed by atoms with Gasteiger partial charge in [0.05, 0.1) is 7.11 Å². The predicted molar refractivity (Wildman–Crippen MR) is 69.2 cm³/mol. The van der Waals surface area contributed by atoms with Crippen LogP contribution in [0.1, 0.15) is 6.92 Å². The topological polar surface area (TPSA) is 58.6 Å².